The third-order valence-electron chi connectivity index (χ3n) is 10.5. The molecule has 0 aromatic carbocycles. The Morgan fingerprint density at radius 2 is 1.85 bits per heavy atom. The first-order chi connectivity index (χ1) is 12.8. The second-order valence-electron chi connectivity index (χ2n) is 11.4. The number of rotatable bonds is 1. The van der Waals surface area contributed by atoms with Gasteiger partial charge in [0.1, 0.15) is 0 Å². The van der Waals surface area contributed by atoms with Crippen LogP contribution in [-0.4, -0.2) is 22.5 Å². The van der Waals surface area contributed by atoms with Crippen LogP contribution in [0.1, 0.15) is 91.9 Å². The molecule has 8 atom stereocenters. The molecule has 0 spiro atoms. The number of hydrogen-bond donors (Lipinski definition) is 1. The lowest BCUT2D eigenvalue weighted by Crippen LogP contribution is -2.56. The van der Waals surface area contributed by atoms with Crippen LogP contribution in [0.25, 0.3) is 0 Å². The quantitative estimate of drug-likeness (QED) is 0.609. The summed E-state index contributed by atoms with van der Waals surface area (Å²) in [6.45, 7) is 9.45. The van der Waals surface area contributed by atoms with Crippen molar-refractivity contribution in [3.8, 4) is 0 Å². The van der Waals surface area contributed by atoms with Crippen LogP contribution in [0.5, 0.6) is 0 Å². The Bertz CT molecular complexity index is 690. The van der Waals surface area contributed by atoms with Crippen LogP contribution in [0.3, 0.4) is 0 Å². The molecule has 0 bridgehead atoms. The Morgan fingerprint density at radius 3 is 2.63 bits per heavy atom. The highest BCUT2D eigenvalue weighted by molar-refractivity contribution is 6.02. The van der Waals surface area contributed by atoms with Crippen molar-refractivity contribution in [1.29, 1.82) is 0 Å². The molecule has 1 heterocycles. The molecule has 150 valence electrons. The number of aliphatic imine (C=N–C) groups is 1. The van der Waals surface area contributed by atoms with Crippen molar-refractivity contribution >= 4 is 5.71 Å². The summed E-state index contributed by atoms with van der Waals surface area (Å²) in [6, 6.07) is 0.542. The lowest BCUT2D eigenvalue weighted by molar-refractivity contribution is -0.138. The van der Waals surface area contributed by atoms with E-state index in [0.717, 1.165) is 36.5 Å². The molecule has 2 heteroatoms. The second kappa shape index (κ2) is 5.94. The Morgan fingerprint density at radius 1 is 1.07 bits per heavy atom. The first kappa shape index (κ1) is 18.4. The predicted molar refractivity (Wildman–Crippen MR) is 112 cm³/mol. The maximum atomic E-state index is 11.1. The first-order valence-corrected chi connectivity index (χ1v) is 11.8. The van der Waals surface area contributed by atoms with Crippen molar-refractivity contribution in [2.45, 2.75) is 104 Å². The summed E-state index contributed by atoms with van der Waals surface area (Å²) >= 11 is 0. The molecule has 1 aliphatic heterocycles. The van der Waals surface area contributed by atoms with E-state index in [9.17, 15) is 5.11 Å². The highest BCUT2D eigenvalue weighted by Crippen LogP contribution is 2.68. The van der Waals surface area contributed by atoms with E-state index >= 15 is 0 Å². The minimum Gasteiger partial charge on any atom is -0.390 e. The molecule has 0 aromatic heterocycles. The highest BCUT2D eigenvalue weighted by Gasteiger charge is 2.63. The minimum atomic E-state index is -0.451. The summed E-state index contributed by atoms with van der Waals surface area (Å²) in [5.41, 5.74) is 3.23. The third-order valence-corrected chi connectivity index (χ3v) is 10.5. The van der Waals surface area contributed by atoms with Crippen molar-refractivity contribution in [1.82, 2.24) is 0 Å². The number of dihydropyridines is 1. The van der Waals surface area contributed by atoms with Gasteiger partial charge in [-0.25, -0.2) is 0 Å². The Balaban J connectivity index is 1.44. The lowest BCUT2D eigenvalue weighted by Gasteiger charge is -2.61. The van der Waals surface area contributed by atoms with Crippen LogP contribution in [0.15, 0.2) is 16.6 Å². The summed E-state index contributed by atoms with van der Waals surface area (Å²) < 4.78 is 0. The summed E-state index contributed by atoms with van der Waals surface area (Å²) in [5, 5.41) is 11.1. The lowest BCUT2D eigenvalue weighted by atomic mass is 9.44. The predicted octanol–water partition coefficient (Wildman–Crippen LogP) is 5.94. The maximum Gasteiger partial charge on any atom is 0.0675 e. The Labute approximate surface area is 165 Å². The molecule has 5 unspecified atom stereocenters. The number of nitrogens with zero attached hydrogens (tertiary/aromatic N) is 1. The van der Waals surface area contributed by atoms with E-state index in [1.807, 2.05) is 0 Å². The average Bonchev–Trinajstić information content (AvgIpc) is 2.89. The average molecular weight is 370 g/mol. The van der Waals surface area contributed by atoms with Crippen LogP contribution in [0, 0.1) is 34.5 Å². The van der Waals surface area contributed by atoms with Crippen molar-refractivity contribution in [2.24, 2.45) is 39.5 Å². The molecule has 1 N–H and O–H groups in total. The number of hydrogen-bond acceptors (Lipinski definition) is 2. The fourth-order valence-corrected chi connectivity index (χ4v) is 8.40. The largest absolute Gasteiger partial charge is 0.390 e. The van der Waals surface area contributed by atoms with Gasteiger partial charge in [-0.15, -0.1) is 0 Å². The van der Waals surface area contributed by atoms with Gasteiger partial charge in [0, 0.05) is 5.71 Å². The molecule has 2 nitrogen and oxygen atoms in total. The smallest absolute Gasteiger partial charge is 0.0675 e. The minimum absolute atomic E-state index is 0.150. The summed E-state index contributed by atoms with van der Waals surface area (Å²) in [4.78, 5) is 5.15. The van der Waals surface area contributed by atoms with Gasteiger partial charge in [-0.3, -0.25) is 4.99 Å². The molecule has 4 aliphatic carbocycles. The molecule has 4 fully saturated rings. The molecule has 0 saturated heterocycles. The fraction of sp³-hybridized carbons (Fsp3) is 0.880. The molecule has 4 saturated carbocycles. The van der Waals surface area contributed by atoms with Crippen molar-refractivity contribution < 1.29 is 5.11 Å². The SMILES string of the molecule is CCC1CC=C2C[C@@]3(C)C(CCC4C3CC[C@@]3(C)C4CC[C@]3(C)O)CC2=N1. The number of allylic oxidation sites excluding steroid dienone is 1. The van der Waals surface area contributed by atoms with Gasteiger partial charge in [0.2, 0.25) is 0 Å². The zero-order valence-corrected chi connectivity index (χ0v) is 17.9. The van der Waals surface area contributed by atoms with E-state index < -0.39 is 5.60 Å². The Kier molecular flexibility index (Phi) is 4.05. The fourth-order valence-electron chi connectivity index (χ4n) is 8.40. The van der Waals surface area contributed by atoms with Crippen LogP contribution in [0.4, 0.5) is 0 Å². The topological polar surface area (TPSA) is 32.6 Å². The molecule has 0 amide bonds. The number of aliphatic hydroxyl groups is 1. The standard InChI is InChI=1S/C25H39NO/c1-5-18-8-6-16-15-23(2)17(14-22(16)26-18)7-9-19-20(23)10-12-24(3)21(19)11-13-25(24,4)27/h6,17-21,27H,5,7-15H2,1-4H3/t17?,18?,19?,20?,21?,23-,24-,25-/m0/s1. The van der Waals surface area contributed by atoms with Crippen LogP contribution in [-0.2, 0) is 0 Å². The van der Waals surface area contributed by atoms with Gasteiger partial charge in [0.25, 0.3) is 0 Å². The molecular formula is C25H39NO. The molecule has 5 rings (SSSR count). The second-order valence-corrected chi connectivity index (χ2v) is 11.4. The van der Waals surface area contributed by atoms with Crippen molar-refractivity contribution in [2.75, 3.05) is 0 Å². The zero-order chi connectivity index (χ0) is 19.0. The van der Waals surface area contributed by atoms with Gasteiger partial charge in [0.15, 0.2) is 0 Å². The Hall–Kier alpha value is -0.630. The summed E-state index contributed by atoms with van der Waals surface area (Å²) in [7, 11) is 0. The maximum absolute atomic E-state index is 11.1. The van der Waals surface area contributed by atoms with Gasteiger partial charge in [-0.2, -0.15) is 0 Å². The van der Waals surface area contributed by atoms with E-state index in [0.29, 0.717) is 11.5 Å². The van der Waals surface area contributed by atoms with Gasteiger partial charge < -0.3 is 5.11 Å². The molecule has 0 radical (unpaired) electrons. The zero-order valence-electron chi connectivity index (χ0n) is 17.9. The monoisotopic (exact) mass is 369 g/mol. The van der Waals surface area contributed by atoms with Crippen LogP contribution >= 0.6 is 0 Å². The summed E-state index contributed by atoms with van der Waals surface area (Å²) in [6.07, 6.45) is 15.0. The van der Waals surface area contributed by atoms with E-state index in [4.69, 9.17) is 4.99 Å². The van der Waals surface area contributed by atoms with Gasteiger partial charge in [-0.1, -0.05) is 26.8 Å². The van der Waals surface area contributed by atoms with E-state index in [1.165, 1.54) is 57.1 Å². The highest BCUT2D eigenvalue weighted by atomic mass is 16.3. The third kappa shape index (κ3) is 2.44. The van der Waals surface area contributed by atoms with E-state index in [1.54, 1.807) is 5.57 Å². The normalized spacial score (nSPS) is 54.2. The first-order valence-electron chi connectivity index (χ1n) is 11.8. The molecule has 27 heavy (non-hydrogen) atoms. The van der Waals surface area contributed by atoms with Crippen LogP contribution in [0.2, 0.25) is 0 Å². The van der Waals surface area contributed by atoms with Gasteiger partial charge in [0.05, 0.1) is 11.6 Å². The van der Waals surface area contributed by atoms with E-state index in [2.05, 4.69) is 33.8 Å². The number of fused-ring (bicyclic) bond motifs is 6. The molecule has 0 aromatic rings. The van der Waals surface area contributed by atoms with Crippen molar-refractivity contribution in [3.63, 3.8) is 0 Å². The van der Waals surface area contributed by atoms with Crippen molar-refractivity contribution in [3.05, 3.63) is 11.6 Å². The molecular weight excluding hydrogens is 330 g/mol. The van der Waals surface area contributed by atoms with Gasteiger partial charge >= 0.3 is 0 Å². The van der Waals surface area contributed by atoms with Crippen LogP contribution < -0.4 is 0 Å². The van der Waals surface area contributed by atoms with E-state index in [-0.39, 0.29) is 5.41 Å². The van der Waals surface area contributed by atoms with Gasteiger partial charge in [-0.05, 0) is 111 Å². The summed E-state index contributed by atoms with van der Waals surface area (Å²) in [5.74, 6) is 3.26. The molecule has 5 aliphatic rings.